The van der Waals surface area contributed by atoms with E-state index in [0.29, 0.717) is 54.4 Å². The standard InChI is InChI=1S/C23H23N3O6S/c27-22(24-17-4-7-20-21(14-17)32-12-11-31-20)15-26-19-6-5-18(13-16(19)3-8-23(26)28)33(29,30)25-9-1-2-10-25/h3-8,13-14H,1-2,9-12,15H2,(H,24,27). The molecule has 0 atom stereocenters. The van der Waals surface area contributed by atoms with Crippen LogP contribution in [0, 0.1) is 0 Å². The number of rotatable bonds is 5. The summed E-state index contributed by atoms with van der Waals surface area (Å²) in [4.78, 5) is 25.4. The number of amides is 1. The Morgan fingerprint density at radius 1 is 0.939 bits per heavy atom. The summed E-state index contributed by atoms with van der Waals surface area (Å²) in [5.74, 6) is 0.771. The van der Waals surface area contributed by atoms with Crippen molar-refractivity contribution < 1.29 is 22.7 Å². The molecule has 33 heavy (non-hydrogen) atoms. The number of carbonyl (C=O) groups is 1. The van der Waals surface area contributed by atoms with Gasteiger partial charge in [-0.05, 0) is 54.6 Å². The molecule has 1 aromatic heterocycles. The lowest BCUT2D eigenvalue weighted by Gasteiger charge is -2.19. The van der Waals surface area contributed by atoms with Crippen molar-refractivity contribution in [2.24, 2.45) is 0 Å². The van der Waals surface area contributed by atoms with Crippen LogP contribution in [-0.4, -0.2) is 49.5 Å². The van der Waals surface area contributed by atoms with E-state index in [1.165, 1.54) is 21.0 Å². The second-order valence-electron chi connectivity index (χ2n) is 8.00. The highest BCUT2D eigenvalue weighted by Gasteiger charge is 2.27. The summed E-state index contributed by atoms with van der Waals surface area (Å²) in [5, 5.41) is 3.34. The van der Waals surface area contributed by atoms with Crippen LogP contribution in [0.3, 0.4) is 0 Å². The number of aromatic nitrogens is 1. The van der Waals surface area contributed by atoms with Gasteiger partial charge in [-0.3, -0.25) is 14.2 Å². The molecule has 0 unspecified atom stereocenters. The summed E-state index contributed by atoms with van der Waals surface area (Å²) in [6.45, 7) is 1.72. The molecule has 0 bridgehead atoms. The number of nitrogens with zero attached hydrogens (tertiary/aromatic N) is 2. The number of nitrogens with one attached hydrogen (secondary N) is 1. The van der Waals surface area contributed by atoms with Crippen LogP contribution in [0.4, 0.5) is 5.69 Å². The van der Waals surface area contributed by atoms with Gasteiger partial charge >= 0.3 is 0 Å². The number of carbonyl (C=O) groups excluding carboxylic acids is 1. The van der Waals surface area contributed by atoms with Gasteiger partial charge < -0.3 is 14.8 Å². The van der Waals surface area contributed by atoms with Crippen molar-refractivity contribution in [3.8, 4) is 11.5 Å². The number of fused-ring (bicyclic) bond motifs is 2. The highest BCUT2D eigenvalue weighted by Crippen LogP contribution is 2.32. The van der Waals surface area contributed by atoms with Crippen molar-refractivity contribution in [2.45, 2.75) is 24.3 Å². The summed E-state index contributed by atoms with van der Waals surface area (Å²) in [5.41, 5.74) is 0.659. The topological polar surface area (TPSA) is 107 Å². The second-order valence-corrected chi connectivity index (χ2v) is 9.93. The van der Waals surface area contributed by atoms with Crippen LogP contribution in [0.2, 0.25) is 0 Å². The molecule has 2 aromatic carbocycles. The van der Waals surface area contributed by atoms with Gasteiger partial charge in [0.15, 0.2) is 11.5 Å². The maximum Gasteiger partial charge on any atom is 0.251 e. The van der Waals surface area contributed by atoms with Gasteiger partial charge in [0.25, 0.3) is 5.56 Å². The smallest absolute Gasteiger partial charge is 0.251 e. The average molecular weight is 470 g/mol. The number of sulfonamides is 1. The van der Waals surface area contributed by atoms with Crippen molar-refractivity contribution >= 4 is 32.5 Å². The summed E-state index contributed by atoms with van der Waals surface area (Å²) in [6.07, 6.45) is 1.70. The number of pyridine rings is 1. The largest absolute Gasteiger partial charge is 0.486 e. The lowest BCUT2D eigenvalue weighted by molar-refractivity contribution is -0.116. The van der Waals surface area contributed by atoms with Gasteiger partial charge in [-0.25, -0.2) is 8.42 Å². The maximum atomic E-state index is 12.9. The zero-order valence-electron chi connectivity index (χ0n) is 17.8. The van der Waals surface area contributed by atoms with E-state index >= 15 is 0 Å². The monoisotopic (exact) mass is 469 g/mol. The Balaban J connectivity index is 1.40. The molecule has 3 heterocycles. The van der Waals surface area contributed by atoms with Crippen LogP contribution in [-0.2, 0) is 21.4 Å². The molecule has 2 aliphatic heterocycles. The van der Waals surface area contributed by atoms with Gasteiger partial charge in [0.05, 0.1) is 10.4 Å². The summed E-state index contributed by atoms with van der Waals surface area (Å²) in [7, 11) is -3.58. The Morgan fingerprint density at radius 3 is 2.48 bits per heavy atom. The van der Waals surface area contributed by atoms with Crippen molar-refractivity contribution in [1.82, 2.24) is 8.87 Å². The molecule has 1 saturated heterocycles. The minimum Gasteiger partial charge on any atom is -0.486 e. The van der Waals surface area contributed by atoms with Gasteiger partial charge in [0, 0.05) is 30.9 Å². The molecule has 172 valence electrons. The summed E-state index contributed by atoms with van der Waals surface area (Å²) in [6, 6.07) is 12.6. The van der Waals surface area contributed by atoms with E-state index in [4.69, 9.17) is 9.47 Å². The Hall–Kier alpha value is -3.37. The zero-order valence-corrected chi connectivity index (χ0v) is 18.6. The quantitative estimate of drug-likeness (QED) is 0.614. The van der Waals surface area contributed by atoms with Crippen molar-refractivity contribution in [1.29, 1.82) is 0 Å². The first kappa shape index (κ1) is 21.5. The molecular formula is C23H23N3O6S. The van der Waals surface area contributed by atoms with Crippen LogP contribution in [0.25, 0.3) is 10.9 Å². The molecule has 0 saturated carbocycles. The molecule has 5 rings (SSSR count). The number of hydrogen-bond acceptors (Lipinski definition) is 6. The first-order chi connectivity index (χ1) is 15.9. The van der Waals surface area contributed by atoms with E-state index in [1.54, 1.807) is 36.4 Å². The van der Waals surface area contributed by atoms with Crippen LogP contribution in [0.15, 0.2) is 58.2 Å². The first-order valence-corrected chi connectivity index (χ1v) is 12.2. The minimum absolute atomic E-state index is 0.183. The third kappa shape index (κ3) is 4.19. The highest BCUT2D eigenvalue weighted by molar-refractivity contribution is 7.89. The van der Waals surface area contributed by atoms with Crippen molar-refractivity contribution in [3.63, 3.8) is 0 Å². The predicted octanol–water partition coefficient (Wildman–Crippen LogP) is 2.20. The second kappa shape index (κ2) is 8.53. The third-order valence-electron chi connectivity index (χ3n) is 5.79. The minimum atomic E-state index is -3.58. The van der Waals surface area contributed by atoms with E-state index in [1.807, 2.05) is 0 Å². The number of benzene rings is 2. The third-order valence-corrected chi connectivity index (χ3v) is 7.69. The molecule has 1 N–H and O–H groups in total. The predicted molar refractivity (Wildman–Crippen MR) is 122 cm³/mol. The highest BCUT2D eigenvalue weighted by atomic mass is 32.2. The molecule has 1 fully saturated rings. The zero-order chi connectivity index (χ0) is 23.0. The molecule has 0 spiro atoms. The van der Waals surface area contributed by atoms with Crippen molar-refractivity contribution in [2.75, 3.05) is 31.6 Å². The Morgan fingerprint density at radius 2 is 1.70 bits per heavy atom. The molecule has 3 aromatic rings. The summed E-state index contributed by atoms with van der Waals surface area (Å²) >= 11 is 0. The summed E-state index contributed by atoms with van der Waals surface area (Å²) < 4.78 is 39.6. The average Bonchev–Trinajstić information content (AvgIpc) is 3.36. The van der Waals surface area contributed by atoms with Gasteiger partial charge in [-0.1, -0.05) is 0 Å². The SMILES string of the molecule is O=C(Cn1c(=O)ccc2cc(S(=O)(=O)N3CCCC3)ccc21)Nc1ccc2c(c1)OCCO2. The normalized spacial score (nSPS) is 16.1. The fraction of sp³-hybridized carbons (Fsp3) is 0.304. The van der Waals surface area contributed by atoms with E-state index in [-0.39, 0.29) is 17.0 Å². The van der Waals surface area contributed by atoms with Crippen molar-refractivity contribution in [3.05, 3.63) is 58.9 Å². The first-order valence-electron chi connectivity index (χ1n) is 10.8. The van der Waals surface area contributed by atoms with E-state index < -0.39 is 15.9 Å². The molecule has 0 radical (unpaired) electrons. The molecule has 1 amide bonds. The van der Waals surface area contributed by atoms with Crippen LogP contribution < -0.4 is 20.3 Å². The van der Waals surface area contributed by atoms with Crippen LogP contribution in [0.1, 0.15) is 12.8 Å². The Kier molecular flexibility index (Phi) is 5.55. The maximum absolute atomic E-state index is 12.9. The Bertz CT molecular complexity index is 1390. The lowest BCUT2D eigenvalue weighted by Crippen LogP contribution is -2.28. The molecular weight excluding hydrogens is 446 g/mol. The number of ether oxygens (including phenoxy) is 2. The Labute approximate surface area is 190 Å². The van der Waals surface area contributed by atoms with E-state index in [0.717, 1.165) is 12.8 Å². The molecule has 2 aliphatic rings. The molecule has 0 aliphatic carbocycles. The van der Waals surface area contributed by atoms with E-state index in [9.17, 15) is 18.0 Å². The van der Waals surface area contributed by atoms with Gasteiger partial charge in [-0.2, -0.15) is 4.31 Å². The van der Waals surface area contributed by atoms with Crippen LogP contribution in [0.5, 0.6) is 11.5 Å². The fourth-order valence-electron chi connectivity index (χ4n) is 4.15. The van der Waals surface area contributed by atoms with Crippen LogP contribution >= 0.6 is 0 Å². The lowest BCUT2D eigenvalue weighted by atomic mass is 10.2. The van der Waals surface area contributed by atoms with Gasteiger partial charge in [0.1, 0.15) is 19.8 Å². The number of anilines is 1. The van der Waals surface area contributed by atoms with E-state index in [2.05, 4.69) is 5.32 Å². The van der Waals surface area contributed by atoms with Gasteiger partial charge in [-0.15, -0.1) is 0 Å². The molecule has 9 nitrogen and oxygen atoms in total. The van der Waals surface area contributed by atoms with Gasteiger partial charge in [0.2, 0.25) is 15.9 Å². The fourth-order valence-corrected chi connectivity index (χ4v) is 5.70. The molecule has 10 heteroatoms. The number of hydrogen-bond donors (Lipinski definition) is 1.